The molecule has 0 amide bonds. The summed E-state index contributed by atoms with van der Waals surface area (Å²) >= 11 is 3.40. The van der Waals surface area contributed by atoms with E-state index >= 15 is 0 Å². The number of hydrogen-bond donors (Lipinski definition) is 1. The summed E-state index contributed by atoms with van der Waals surface area (Å²) in [5, 5.41) is 0. The predicted molar refractivity (Wildman–Crippen MR) is 67.4 cm³/mol. The number of halogens is 1. The number of aliphatic imine (C=N–C) groups is 1. The Morgan fingerprint density at radius 3 is 2.40 bits per heavy atom. The van der Waals surface area contributed by atoms with Crippen LogP contribution in [0.25, 0.3) is 0 Å². The number of nitrogens with zero attached hydrogens (tertiary/aromatic N) is 1. The van der Waals surface area contributed by atoms with Crippen LogP contribution in [0.3, 0.4) is 0 Å². The maximum atomic E-state index is 5.99. The van der Waals surface area contributed by atoms with Crippen molar-refractivity contribution in [2.75, 3.05) is 0 Å². The normalized spacial score (nSPS) is 18.3. The molecule has 1 aliphatic carbocycles. The maximum absolute atomic E-state index is 5.99. The van der Waals surface area contributed by atoms with Gasteiger partial charge in [-0.25, -0.2) is 4.99 Å². The smallest absolute Gasteiger partial charge is 0.103 e. The molecule has 1 fully saturated rings. The van der Waals surface area contributed by atoms with Gasteiger partial charge < -0.3 is 5.73 Å². The van der Waals surface area contributed by atoms with Crippen LogP contribution in [0, 0.1) is 5.92 Å². The average molecular weight is 267 g/mol. The SMILES string of the molecule is NC(=Nc1ccc(Br)cc1)C1CCCC1. The van der Waals surface area contributed by atoms with Crippen molar-refractivity contribution in [1.29, 1.82) is 0 Å². The zero-order valence-corrected chi connectivity index (χ0v) is 10.2. The van der Waals surface area contributed by atoms with Crippen molar-refractivity contribution >= 4 is 27.5 Å². The molecule has 0 heterocycles. The Hall–Kier alpha value is -0.830. The Balaban J connectivity index is 2.11. The third-order valence-corrected chi connectivity index (χ3v) is 3.39. The molecule has 1 aromatic rings. The van der Waals surface area contributed by atoms with Crippen LogP contribution in [-0.2, 0) is 0 Å². The third-order valence-electron chi connectivity index (χ3n) is 2.86. The minimum atomic E-state index is 0.508. The molecule has 0 spiro atoms. The Bertz CT molecular complexity index is 350. The second-order valence-corrected chi connectivity index (χ2v) is 4.91. The van der Waals surface area contributed by atoms with Crippen molar-refractivity contribution in [3.8, 4) is 0 Å². The Labute approximate surface area is 98.7 Å². The Morgan fingerprint density at radius 2 is 1.80 bits per heavy atom. The molecule has 15 heavy (non-hydrogen) atoms. The second kappa shape index (κ2) is 4.79. The van der Waals surface area contributed by atoms with Crippen LogP contribution in [0.2, 0.25) is 0 Å². The largest absolute Gasteiger partial charge is 0.387 e. The summed E-state index contributed by atoms with van der Waals surface area (Å²) in [5.74, 6) is 1.31. The summed E-state index contributed by atoms with van der Waals surface area (Å²) in [7, 11) is 0. The molecular formula is C12H15BrN2. The lowest BCUT2D eigenvalue weighted by Gasteiger charge is -2.07. The Morgan fingerprint density at radius 1 is 1.20 bits per heavy atom. The lowest BCUT2D eigenvalue weighted by Crippen LogP contribution is -2.20. The maximum Gasteiger partial charge on any atom is 0.103 e. The molecule has 0 aliphatic heterocycles. The van der Waals surface area contributed by atoms with Gasteiger partial charge in [0.1, 0.15) is 5.84 Å². The highest BCUT2D eigenvalue weighted by Gasteiger charge is 2.18. The average Bonchev–Trinajstić information content (AvgIpc) is 2.74. The minimum Gasteiger partial charge on any atom is -0.387 e. The molecule has 1 aromatic carbocycles. The molecule has 2 nitrogen and oxygen atoms in total. The van der Waals surface area contributed by atoms with Crippen LogP contribution >= 0.6 is 15.9 Å². The highest BCUT2D eigenvalue weighted by atomic mass is 79.9. The van der Waals surface area contributed by atoms with Gasteiger partial charge in [0.25, 0.3) is 0 Å². The molecule has 2 rings (SSSR count). The summed E-state index contributed by atoms with van der Waals surface area (Å²) < 4.78 is 1.07. The first-order chi connectivity index (χ1) is 7.25. The van der Waals surface area contributed by atoms with Crippen LogP contribution in [0.5, 0.6) is 0 Å². The molecule has 0 bridgehead atoms. The van der Waals surface area contributed by atoms with Crippen molar-refractivity contribution < 1.29 is 0 Å². The van der Waals surface area contributed by atoms with Gasteiger partial charge in [0.05, 0.1) is 5.69 Å². The summed E-state index contributed by atoms with van der Waals surface area (Å²) in [6, 6.07) is 7.93. The van der Waals surface area contributed by atoms with E-state index in [1.807, 2.05) is 24.3 Å². The van der Waals surface area contributed by atoms with E-state index in [1.54, 1.807) is 0 Å². The third kappa shape index (κ3) is 2.81. The molecule has 1 aliphatic rings. The zero-order valence-electron chi connectivity index (χ0n) is 8.62. The van der Waals surface area contributed by atoms with E-state index in [0.717, 1.165) is 16.0 Å². The standard InChI is InChI=1S/C12H15BrN2/c13-10-5-7-11(8-6-10)15-12(14)9-3-1-2-4-9/h5-9H,1-4H2,(H2,14,15). The molecule has 0 aromatic heterocycles. The van der Waals surface area contributed by atoms with Crippen molar-refractivity contribution in [2.45, 2.75) is 25.7 Å². The minimum absolute atomic E-state index is 0.508. The molecule has 2 N–H and O–H groups in total. The number of rotatable bonds is 2. The summed E-state index contributed by atoms with van der Waals surface area (Å²) in [6.45, 7) is 0. The predicted octanol–water partition coefficient (Wildman–Crippen LogP) is 3.63. The number of nitrogens with two attached hydrogens (primary N) is 1. The lowest BCUT2D eigenvalue weighted by molar-refractivity contribution is 0.722. The van der Waals surface area contributed by atoms with Crippen molar-refractivity contribution in [2.24, 2.45) is 16.6 Å². The van der Waals surface area contributed by atoms with Gasteiger partial charge in [-0.2, -0.15) is 0 Å². The van der Waals surface area contributed by atoms with Crippen LogP contribution in [0.4, 0.5) is 5.69 Å². The lowest BCUT2D eigenvalue weighted by atomic mass is 10.1. The highest BCUT2D eigenvalue weighted by Crippen LogP contribution is 2.26. The van der Waals surface area contributed by atoms with E-state index in [0.29, 0.717) is 5.92 Å². The fourth-order valence-electron chi connectivity index (χ4n) is 1.98. The van der Waals surface area contributed by atoms with Crippen LogP contribution in [0.15, 0.2) is 33.7 Å². The first-order valence-electron chi connectivity index (χ1n) is 5.35. The zero-order chi connectivity index (χ0) is 10.7. The van der Waals surface area contributed by atoms with Gasteiger partial charge in [-0.3, -0.25) is 0 Å². The van der Waals surface area contributed by atoms with E-state index in [2.05, 4.69) is 20.9 Å². The first-order valence-corrected chi connectivity index (χ1v) is 6.14. The number of benzene rings is 1. The van der Waals surface area contributed by atoms with E-state index in [1.165, 1.54) is 25.7 Å². The summed E-state index contributed by atoms with van der Waals surface area (Å²) in [6.07, 6.45) is 4.99. The van der Waals surface area contributed by atoms with Gasteiger partial charge in [-0.05, 0) is 37.1 Å². The van der Waals surface area contributed by atoms with Crippen LogP contribution < -0.4 is 5.73 Å². The molecule has 80 valence electrons. The molecule has 0 atom stereocenters. The molecule has 0 saturated heterocycles. The van der Waals surface area contributed by atoms with E-state index in [-0.39, 0.29) is 0 Å². The van der Waals surface area contributed by atoms with Gasteiger partial charge in [0.2, 0.25) is 0 Å². The topological polar surface area (TPSA) is 38.4 Å². The Kier molecular flexibility index (Phi) is 3.41. The molecule has 1 saturated carbocycles. The fraction of sp³-hybridized carbons (Fsp3) is 0.417. The molecule has 3 heteroatoms. The van der Waals surface area contributed by atoms with Crippen LogP contribution in [0.1, 0.15) is 25.7 Å². The van der Waals surface area contributed by atoms with Gasteiger partial charge in [-0.15, -0.1) is 0 Å². The van der Waals surface area contributed by atoms with E-state index < -0.39 is 0 Å². The molecular weight excluding hydrogens is 252 g/mol. The first kappa shape index (κ1) is 10.7. The fourth-order valence-corrected chi connectivity index (χ4v) is 2.24. The van der Waals surface area contributed by atoms with E-state index in [4.69, 9.17) is 5.73 Å². The monoisotopic (exact) mass is 266 g/mol. The summed E-state index contributed by atoms with van der Waals surface area (Å²) in [5.41, 5.74) is 6.93. The van der Waals surface area contributed by atoms with E-state index in [9.17, 15) is 0 Å². The van der Waals surface area contributed by atoms with Gasteiger partial charge >= 0.3 is 0 Å². The number of amidine groups is 1. The van der Waals surface area contributed by atoms with Crippen LogP contribution in [-0.4, -0.2) is 5.84 Å². The second-order valence-electron chi connectivity index (χ2n) is 3.99. The van der Waals surface area contributed by atoms with Gasteiger partial charge in [0, 0.05) is 10.4 Å². The van der Waals surface area contributed by atoms with Gasteiger partial charge in [0.15, 0.2) is 0 Å². The van der Waals surface area contributed by atoms with Crippen molar-refractivity contribution in [3.05, 3.63) is 28.7 Å². The number of hydrogen-bond acceptors (Lipinski definition) is 1. The molecule has 0 radical (unpaired) electrons. The highest BCUT2D eigenvalue weighted by molar-refractivity contribution is 9.10. The molecule has 0 unspecified atom stereocenters. The van der Waals surface area contributed by atoms with Crippen molar-refractivity contribution in [1.82, 2.24) is 0 Å². The van der Waals surface area contributed by atoms with Gasteiger partial charge in [-0.1, -0.05) is 28.8 Å². The summed E-state index contributed by atoms with van der Waals surface area (Å²) in [4.78, 5) is 4.46. The van der Waals surface area contributed by atoms with Crippen molar-refractivity contribution in [3.63, 3.8) is 0 Å². The quantitative estimate of drug-likeness (QED) is 0.645.